The fraction of sp³-hybridized carbons (Fsp3) is 0.290. The molecule has 1 aliphatic rings. The van der Waals surface area contributed by atoms with E-state index in [0.29, 0.717) is 24.0 Å². The summed E-state index contributed by atoms with van der Waals surface area (Å²) in [5, 5.41) is 8.07. The summed E-state index contributed by atoms with van der Waals surface area (Å²) in [4.78, 5) is 23.4. The van der Waals surface area contributed by atoms with Gasteiger partial charge in [-0.25, -0.2) is 14.5 Å². The molecule has 1 N–H and O–H groups in total. The Labute approximate surface area is 252 Å². The summed E-state index contributed by atoms with van der Waals surface area (Å²) in [6, 6.07) is 21.1. The second-order valence-corrected chi connectivity index (χ2v) is 11.3. The third kappa shape index (κ3) is 7.95. The van der Waals surface area contributed by atoms with Crippen LogP contribution in [0.5, 0.6) is 5.75 Å². The van der Waals surface area contributed by atoms with Crippen molar-refractivity contribution >= 4 is 28.6 Å². The van der Waals surface area contributed by atoms with Gasteiger partial charge in [0.1, 0.15) is 12.1 Å². The molecule has 0 unspecified atom stereocenters. The number of ether oxygens (including phenoxy) is 1. The first-order valence-corrected chi connectivity index (χ1v) is 14.9. The minimum Gasteiger partial charge on any atom is -0.406 e. The number of halogens is 3. The number of aromatic nitrogens is 3. The van der Waals surface area contributed by atoms with Crippen LogP contribution in [-0.4, -0.2) is 51.2 Å². The molecule has 0 spiro atoms. The fourth-order valence-corrected chi connectivity index (χ4v) is 5.64. The smallest absolute Gasteiger partial charge is 0.406 e. The molecular weight excluding hydrogens is 577 g/mol. The number of alkyl halides is 3. The average molecular weight is 609 g/mol. The van der Waals surface area contributed by atoms with Crippen LogP contribution in [0, 0.1) is 0 Å². The molecule has 1 saturated heterocycles. The highest BCUT2D eigenvalue weighted by atomic mass is 32.2. The maximum atomic E-state index is 12.6. The quantitative estimate of drug-likeness (QED) is 0.202. The summed E-state index contributed by atoms with van der Waals surface area (Å²) in [7, 11) is 0. The van der Waals surface area contributed by atoms with Crippen LogP contribution in [-0.2, 0) is 6.42 Å². The number of nitrogens with one attached hydrogen (secondary N) is 1. The molecule has 0 radical (unpaired) electrons. The van der Waals surface area contributed by atoms with Crippen molar-refractivity contribution in [2.75, 3.05) is 23.7 Å². The molecule has 5 rings (SSSR count). The number of urea groups is 1. The molecule has 12 heteroatoms. The Kier molecular flexibility index (Phi) is 9.34. The van der Waals surface area contributed by atoms with Crippen molar-refractivity contribution in [3.05, 3.63) is 90.3 Å². The van der Waals surface area contributed by atoms with E-state index >= 15 is 0 Å². The lowest BCUT2D eigenvalue weighted by Crippen LogP contribution is -2.28. The lowest BCUT2D eigenvalue weighted by molar-refractivity contribution is -0.274. The van der Waals surface area contributed by atoms with E-state index in [2.05, 4.69) is 56.0 Å². The number of nitrogens with zero attached hydrogens (tertiary/aromatic N) is 5. The first-order chi connectivity index (χ1) is 20.7. The van der Waals surface area contributed by atoms with E-state index in [4.69, 9.17) is 0 Å². The monoisotopic (exact) mass is 608 g/mol. The van der Waals surface area contributed by atoms with Crippen LogP contribution in [0.15, 0.2) is 84.1 Å². The van der Waals surface area contributed by atoms with Crippen LogP contribution in [0.25, 0.3) is 17.1 Å². The standard InChI is InChI=1S/C31H31F3N6O2S/c1-21(2)26-7-3-4-8-27(26)39-18-19-43-30(39)37-29(41)35-17-5-6-22-9-11-23(12-10-22)28-36-20-40(38-28)24-13-15-25(16-14-24)42-31(32,33)34/h3-4,7-16,20-21H,5-6,17-19H2,1-2H3,(H,35,41)/b37-30-. The van der Waals surface area contributed by atoms with Crippen molar-refractivity contribution in [1.82, 2.24) is 20.1 Å². The normalized spacial score (nSPS) is 14.5. The predicted molar refractivity (Wildman–Crippen MR) is 163 cm³/mol. The number of rotatable bonds is 9. The van der Waals surface area contributed by atoms with Crippen LogP contribution in [0.1, 0.15) is 37.3 Å². The van der Waals surface area contributed by atoms with Crippen molar-refractivity contribution in [2.45, 2.75) is 39.0 Å². The molecule has 0 aliphatic carbocycles. The first-order valence-electron chi connectivity index (χ1n) is 13.9. The summed E-state index contributed by atoms with van der Waals surface area (Å²) in [6.45, 7) is 5.65. The maximum absolute atomic E-state index is 12.6. The topological polar surface area (TPSA) is 84.6 Å². The second kappa shape index (κ2) is 13.3. The van der Waals surface area contributed by atoms with Crippen molar-refractivity contribution in [1.29, 1.82) is 0 Å². The number of carbonyl (C=O) groups excluding carboxylic acids is 1. The van der Waals surface area contributed by atoms with Gasteiger partial charge in [-0.05, 0) is 60.2 Å². The van der Waals surface area contributed by atoms with Crippen molar-refractivity contribution in [2.24, 2.45) is 4.99 Å². The van der Waals surface area contributed by atoms with Gasteiger partial charge in [-0.3, -0.25) is 0 Å². The van der Waals surface area contributed by atoms with Crippen LogP contribution in [0.2, 0.25) is 0 Å². The molecule has 8 nitrogen and oxygen atoms in total. The lowest BCUT2D eigenvalue weighted by atomic mass is 10.0. The van der Waals surface area contributed by atoms with E-state index in [9.17, 15) is 18.0 Å². The Hall–Kier alpha value is -4.32. The zero-order chi connectivity index (χ0) is 30.4. The second-order valence-electron chi connectivity index (χ2n) is 10.2. The predicted octanol–water partition coefficient (Wildman–Crippen LogP) is 7.21. The van der Waals surface area contributed by atoms with Gasteiger partial charge in [0.05, 0.1) is 5.69 Å². The third-order valence-electron chi connectivity index (χ3n) is 6.78. The van der Waals surface area contributed by atoms with Gasteiger partial charge in [-0.1, -0.05) is 68.1 Å². The van der Waals surface area contributed by atoms with Gasteiger partial charge in [-0.15, -0.1) is 18.3 Å². The molecule has 0 atom stereocenters. The highest BCUT2D eigenvalue weighted by molar-refractivity contribution is 8.14. The average Bonchev–Trinajstić information content (AvgIpc) is 3.66. The van der Waals surface area contributed by atoms with E-state index in [1.807, 2.05) is 36.4 Å². The summed E-state index contributed by atoms with van der Waals surface area (Å²) in [6.07, 6.45) is -1.71. The van der Waals surface area contributed by atoms with Gasteiger partial charge in [0.15, 0.2) is 11.0 Å². The molecule has 224 valence electrons. The summed E-state index contributed by atoms with van der Waals surface area (Å²) >= 11 is 1.59. The van der Waals surface area contributed by atoms with Crippen molar-refractivity contribution in [3.63, 3.8) is 0 Å². The number of para-hydroxylation sites is 1. The molecule has 1 fully saturated rings. The molecule has 2 amide bonds. The van der Waals surface area contributed by atoms with Gasteiger partial charge < -0.3 is 15.0 Å². The summed E-state index contributed by atoms with van der Waals surface area (Å²) in [5.74, 6) is 1.44. The molecule has 1 aromatic heterocycles. The number of thioether (sulfide) groups is 1. The number of anilines is 1. The molecular formula is C31H31F3N6O2S. The van der Waals surface area contributed by atoms with Gasteiger partial charge in [0.25, 0.3) is 0 Å². The molecule has 4 aromatic rings. The molecule has 0 saturated carbocycles. The highest BCUT2D eigenvalue weighted by Crippen LogP contribution is 2.32. The van der Waals surface area contributed by atoms with Crippen molar-refractivity contribution in [3.8, 4) is 22.8 Å². The van der Waals surface area contributed by atoms with E-state index in [-0.39, 0.29) is 11.8 Å². The molecule has 1 aliphatic heterocycles. The number of amidine groups is 1. The number of hydrogen-bond acceptors (Lipinski definition) is 5. The van der Waals surface area contributed by atoms with E-state index in [1.165, 1.54) is 40.8 Å². The summed E-state index contributed by atoms with van der Waals surface area (Å²) in [5.41, 5.74) is 4.80. The number of hydrogen-bond donors (Lipinski definition) is 1. The van der Waals surface area contributed by atoms with Gasteiger partial charge in [0, 0.05) is 30.1 Å². The van der Waals surface area contributed by atoms with Gasteiger partial charge in [-0.2, -0.15) is 4.99 Å². The lowest BCUT2D eigenvalue weighted by Gasteiger charge is -2.22. The van der Waals surface area contributed by atoms with E-state index < -0.39 is 6.36 Å². The van der Waals surface area contributed by atoms with Gasteiger partial charge in [0.2, 0.25) is 0 Å². The Morgan fingerprint density at radius 3 is 2.53 bits per heavy atom. The number of aryl methyl sites for hydroxylation is 1. The molecule has 43 heavy (non-hydrogen) atoms. The van der Waals surface area contributed by atoms with Crippen molar-refractivity contribution < 1.29 is 22.7 Å². The maximum Gasteiger partial charge on any atom is 0.573 e. The Balaban J connectivity index is 1.11. The Bertz CT molecular complexity index is 1570. The number of carbonyl (C=O) groups is 1. The number of benzene rings is 3. The van der Waals surface area contributed by atoms with Crippen LogP contribution in [0.4, 0.5) is 23.7 Å². The zero-order valence-corrected chi connectivity index (χ0v) is 24.5. The zero-order valence-electron chi connectivity index (χ0n) is 23.7. The SMILES string of the molecule is CC(C)c1ccccc1N1CCS/C1=N\C(=O)NCCCc1ccc(-c2ncn(-c3ccc(OC(F)(F)F)cc3)n2)cc1. The Morgan fingerprint density at radius 1 is 1.07 bits per heavy atom. The minimum atomic E-state index is -4.74. The fourth-order valence-electron chi connectivity index (χ4n) is 4.69. The third-order valence-corrected chi connectivity index (χ3v) is 7.74. The van der Waals surface area contributed by atoms with Crippen LogP contribution in [0.3, 0.4) is 0 Å². The van der Waals surface area contributed by atoms with E-state index in [0.717, 1.165) is 47.1 Å². The number of amides is 2. The largest absolute Gasteiger partial charge is 0.573 e. The Morgan fingerprint density at radius 2 is 1.81 bits per heavy atom. The summed E-state index contributed by atoms with van der Waals surface area (Å²) < 4.78 is 42.6. The van der Waals surface area contributed by atoms with E-state index in [1.54, 1.807) is 11.8 Å². The molecule has 0 bridgehead atoms. The first kappa shape index (κ1) is 30.1. The van der Waals surface area contributed by atoms with Crippen LogP contribution < -0.4 is 15.0 Å². The highest BCUT2D eigenvalue weighted by Gasteiger charge is 2.31. The van der Waals surface area contributed by atoms with Crippen LogP contribution >= 0.6 is 11.8 Å². The minimum absolute atomic E-state index is 0.303. The molecule has 3 aromatic carbocycles. The molecule has 2 heterocycles. The number of aliphatic imine (C=N–C) groups is 1. The van der Waals surface area contributed by atoms with Gasteiger partial charge >= 0.3 is 12.4 Å².